The number of morpholine rings is 1. The average molecular weight is 346 g/mol. The van der Waals surface area contributed by atoms with Crippen molar-refractivity contribution in [3.05, 3.63) is 29.6 Å². The molecule has 2 fully saturated rings. The van der Waals surface area contributed by atoms with Gasteiger partial charge in [0.1, 0.15) is 11.4 Å². The van der Waals surface area contributed by atoms with Gasteiger partial charge in [0.05, 0.1) is 13.2 Å². The molecule has 2 heterocycles. The molecule has 1 aliphatic carbocycles. The molecule has 0 radical (unpaired) electrons. The van der Waals surface area contributed by atoms with Crippen LogP contribution in [0.5, 0.6) is 0 Å². The summed E-state index contributed by atoms with van der Waals surface area (Å²) in [5.74, 6) is -0.446. The summed E-state index contributed by atoms with van der Waals surface area (Å²) in [6.07, 6.45) is 4.36. The van der Waals surface area contributed by atoms with E-state index in [4.69, 9.17) is 4.74 Å². The topological polar surface area (TPSA) is 83.6 Å². The van der Waals surface area contributed by atoms with Crippen LogP contribution >= 0.6 is 0 Å². The summed E-state index contributed by atoms with van der Waals surface area (Å²) < 4.78 is 5.30. The first-order valence-electron chi connectivity index (χ1n) is 9.08. The van der Waals surface area contributed by atoms with Crippen LogP contribution < -0.4 is 10.6 Å². The molecule has 2 amide bonds. The molecule has 1 aliphatic heterocycles. The summed E-state index contributed by atoms with van der Waals surface area (Å²) in [6.45, 7) is 4.62. The fraction of sp³-hybridized carbons (Fsp3) is 0.611. The fourth-order valence-electron chi connectivity index (χ4n) is 3.26. The van der Waals surface area contributed by atoms with Crippen molar-refractivity contribution < 1.29 is 14.3 Å². The first-order chi connectivity index (χ1) is 12.2. The summed E-state index contributed by atoms with van der Waals surface area (Å²) in [6, 6.07) is 5.22. The lowest BCUT2D eigenvalue weighted by Crippen LogP contribution is -2.41. The number of nitrogens with one attached hydrogen (secondary N) is 2. The van der Waals surface area contributed by atoms with Gasteiger partial charge < -0.3 is 15.4 Å². The number of carbonyl (C=O) groups excluding carboxylic acids is 2. The molecule has 0 atom stereocenters. The summed E-state index contributed by atoms with van der Waals surface area (Å²) in [4.78, 5) is 31.0. The summed E-state index contributed by atoms with van der Waals surface area (Å²) >= 11 is 0. The lowest BCUT2D eigenvalue weighted by molar-refractivity contribution is 0.0383. The zero-order chi connectivity index (χ0) is 17.5. The van der Waals surface area contributed by atoms with E-state index in [0.717, 1.165) is 58.5 Å². The summed E-state index contributed by atoms with van der Waals surface area (Å²) in [7, 11) is 0. The molecule has 0 aromatic carbocycles. The van der Waals surface area contributed by atoms with Crippen molar-refractivity contribution in [2.75, 3.05) is 39.4 Å². The van der Waals surface area contributed by atoms with Crippen molar-refractivity contribution in [2.45, 2.75) is 31.7 Å². The van der Waals surface area contributed by atoms with Crippen molar-refractivity contribution in [3.8, 4) is 0 Å². The van der Waals surface area contributed by atoms with E-state index in [1.165, 1.54) is 0 Å². The molecule has 2 N–H and O–H groups in total. The lowest BCUT2D eigenvalue weighted by Gasteiger charge is -2.26. The number of rotatable bonds is 6. The predicted molar refractivity (Wildman–Crippen MR) is 93.6 cm³/mol. The van der Waals surface area contributed by atoms with Crippen LogP contribution in [0.1, 0.15) is 46.7 Å². The monoisotopic (exact) mass is 346 g/mol. The van der Waals surface area contributed by atoms with Crippen LogP contribution in [0.15, 0.2) is 18.2 Å². The number of carbonyl (C=O) groups is 2. The molecule has 3 rings (SSSR count). The highest BCUT2D eigenvalue weighted by molar-refractivity contribution is 5.96. The highest BCUT2D eigenvalue weighted by Crippen LogP contribution is 2.18. The quantitative estimate of drug-likeness (QED) is 0.797. The Morgan fingerprint density at radius 1 is 1.12 bits per heavy atom. The minimum Gasteiger partial charge on any atom is -0.379 e. The van der Waals surface area contributed by atoms with Crippen LogP contribution in [0.25, 0.3) is 0 Å². The number of hydrogen-bond acceptors (Lipinski definition) is 5. The molecule has 7 nitrogen and oxygen atoms in total. The second-order valence-corrected chi connectivity index (χ2v) is 6.57. The molecule has 1 aromatic rings. The van der Waals surface area contributed by atoms with Crippen LogP contribution in [0.2, 0.25) is 0 Å². The Kier molecular flexibility index (Phi) is 6.36. The van der Waals surface area contributed by atoms with E-state index in [0.29, 0.717) is 12.2 Å². The van der Waals surface area contributed by atoms with E-state index in [-0.39, 0.29) is 23.6 Å². The Bertz CT molecular complexity index is 596. The Morgan fingerprint density at radius 2 is 1.80 bits per heavy atom. The van der Waals surface area contributed by atoms with Crippen molar-refractivity contribution in [1.82, 2.24) is 20.5 Å². The van der Waals surface area contributed by atoms with E-state index >= 15 is 0 Å². The van der Waals surface area contributed by atoms with Crippen molar-refractivity contribution in [1.29, 1.82) is 0 Å². The molecule has 1 aromatic heterocycles. The van der Waals surface area contributed by atoms with Gasteiger partial charge in [-0.3, -0.25) is 14.5 Å². The molecule has 0 spiro atoms. The standard InChI is InChI=1S/C18H26N4O3/c23-17(19-8-9-22-10-12-25-13-11-22)15-6-3-7-16(21-15)18(24)20-14-4-1-2-5-14/h3,6-7,14H,1-2,4-5,8-13H2,(H,19,23)(H,20,24). The summed E-state index contributed by atoms with van der Waals surface area (Å²) in [5.41, 5.74) is 0.578. The third kappa shape index (κ3) is 5.24. The Balaban J connectivity index is 1.49. The van der Waals surface area contributed by atoms with E-state index < -0.39 is 0 Å². The van der Waals surface area contributed by atoms with Gasteiger partial charge in [0, 0.05) is 32.2 Å². The highest BCUT2D eigenvalue weighted by Gasteiger charge is 2.19. The van der Waals surface area contributed by atoms with E-state index in [2.05, 4.69) is 20.5 Å². The number of nitrogens with zero attached hydrogens (tertiary/aromatic N) is 2. The highest BCUT2D eigenvalue weighted by atomic mass is 16.5. The minimum atomic E-state index is -0.247. The minimum absolute atomic E-state index is 0.199. The molecule has 7 heteroatoms. The average Bonchev–Trinajstić information content (AvgIpc) is 3.15. The Labute approximate surface area is 148 Å². The van der Waals surface area contributed by atoms with E-state index in [9.17, 15) is 9.59 Å². The smallest absolute Gasteiger partial charge is 0.270 e. The Hall–Kier alpha value is -1.99. The zero-order valence-electron chi connectivity index (χ0n) is 14.5. The SMILES string of the molecule is O=C(NCCN1CCOCC1)c1cccc(C(=O)NC2CCCC2)n1. The first-order valence-corrected chi connectivity index (χ1v) is 9.08. The number of pyridine rings is 1. The maximum atomic E-state index is 12.3. The zero-order valence-corrected chi connectivity index (χ0v) is 14.5. The normalized spacial score (nSPS) is 18.9. The van der Waals surface area contributed by atoms with Crippen LogP contribution in [0, 0.1) is 0 Å². The van der Waals surface area contributed by atoms with Crippen LogP contribution in [0.3, 0.4) is 0 Å². The van der Waals surface area contributed by atoms with Crippen molar-refractivity contribution in [3.63, 3.8) is 0 Å². The first kappa shape index (κ1) is 17.8. The molecule has 1 saturated heterocycles. The van der Waals surface area contributed by atoms with Crippen LogP contribution in [0.4, 0.5) is 0 Å². The molecule has 0 bridgehead atoms. The second kappa shape index (κ2) is 8.92. The van der Waals surface area contributed by atoms with Gasteiger partial charge >= 0.3 is 0 Å². The Morgan fingerprint density at radius 3 is 2.52 bits per heavy atom. The largest absolute Gasteiger partial charge is 0.379 e. The summed E-state index contributed by atoms with van der Waals surface area (Å²) in [5, 5.41) is 5.87. The molecule has 2 aliphatic rings. The van der Waals surface area contributed by atoms with Gasteiger partial charge in [0.25, 0.3) is 11.8 Å². The number of hydrogen-bond donors (Lipinski definition) is 2. The van der Waals surface area contributed by atoms with Crippen molar-refractivity contribution in [2.24, 2.45) is 0 Å². The third-order valence-electron chi connectivity index (χ3n) is 4.72. The lowest BCUT2D eigenvalue weighted by atomic mass is 10.2. The van der Waals surface area contributed by atoms with Crippen LogP contribution in [-0.4, -0.2) is 67.1 Å². The van der Waals surface area contributed by atoms with Gasteiger partial charge in [-0.15, -0.1) is 0 Å². The van der Waals surface area contributed by atoms with E-state index in [1.54, 1.807) is 18.2 Å². The molecule has 0 unspecified atom stereocenters. The maximum Gasteiger partial charge on any atom is 0.270 e. The molecule has 25 heavy (non-hydrogen) atoms. The van der Waals surface area contributed by atoms with Gasteiger partial charge in [-0.25, -0.2) is 4.98 Å². The van der Waals surface area contributed by atoms with Gasteiger partial charge in [0.2, 0.25) is 0 Å². The number of ether oxygens (including phenoxy) is 1. The maximum absolute atomic E-state index is 12.3. The molecular formula is C18H26N4O3. The number of amides is 2. The predicted octanol–water partition coefficient (Wildman–Crippen LogP) is 0.816. The van der Waals surface area contributed by atoms with Gasteiger partial charge in [0.15, 0.2) is 0 Å². The van der Waals surface area contributed by atoms with Crippen molar-refractivity contribution >= 4 is 11.8 Å². The molecular weight excluding hydrogens is 320 g/mol. The van der Waals surface area contributed by atoms with E-state index in [1.807, 2.05) is 0 Å². The molecule has 1 saturated carbocycles. The second-order valence-electron chi connectivity index (χ2n) is 6.57. The van der Waals surface area contributed by atoms with Gasteiger partial charge in [-0.2, -0.15) is 0 Å². The van der Waals surface area contributed by atoms with Gasteiger partial charge in [-0.05, 0) is 25.0 Å². The number of aromatic nitrogens is 1. The fourth-order valence-corrected chi connectivity index (χ4v) is 3.26. The molecule has 136 valence electrons. The third-order valence-corrected chi connectivity index (χ3v) is 4.72. The van der Waals surface area contributed by atoms with Crippen LogP contribution in [-0.2, 0) is 4.74 Å². The van der Waals surface area contributed by atoms with Gasteiger partial charge in [-0.1, -0.05) is 18.9 Å².